The van der Waals surface area contributed by atoms with Crippen LogP contribution in [0.25, 0.3) is 83.3 Å². The molecular weight excluding hydrogens is 755 g/mol. The number of para-hydroxylation sites is 4. The summed E-state index contributed by atoms with van der Waals surface area (Å²) in [5, 5.41) is 4.83. The summed E-state index contributed by atoms with van der Waals surface area (Å²) in [6.07, 6.45) is 13.7. The largest absolute Gasteiger partial charge is 0.309 e. The van der Waals surface area contributed by atoms with Gasteiger partial charge < -0.3 is 9.13 Å². The molecule has 2 atom stereocenters. The second-order valence-corrected chi connectivity index (χ2v) is 16.7. The van der Waals surface area contributed by atoms with Gasteiger partial charge in [0.05, 0.1) is 22.1 Å². The molecule has 0 saturated heterocycles. The van der Waals surface area contributed by atoms with Crippen molar-refractivity contribution < 1.29 is 0 Å². The third-order valence-corrected chi connectivity index (χ3v) is 13.1. The van der Waals surface area contributed by atoms with Crippen LogP contribution >= 0.6 is 0 Å². The van der Waals surface area contributed by atoms with E-state index in [1.54, 1.807) is 0 Å². The Labute approximate surface area is 360 Å². The maximum atomic E-state index is 5.32. The lowest BCUT2D eigenvalue weighted by Gasteiger charge is -2.26. The number of hydrogen-bond acceptors (Lipinski definition) is 3. The minimum absolute atomic E-state index is 0.462. The summed E-state index contributed by atoms with van der Waals surface area (Å²) in [4.78, 5) is 15.9. The van der Waals surface area contributed by atoms with Crippen LogP contribution in [0.15, 0.2) is 206 Å². The van der Waals surface area contributed by atoms with Crippen molar-refractivity contribution in [3.63, 3.8) is 0 Å². The summed E-state index contributed by atoms with van der Waals surface area (Å²) in [6, 6.07) is 62.7. The van der Waals surface area contributed by atoms with Gasteiger partial charge in [-0.2, -0.15) is 0 Å². The lowest BCUT2D eigenvalue weighted by Crippen LogP contribution is -2.12. The van der Waals surface area contributed by atoms with Gasteiger partial charge in [0.1, 0.15) is 0 Å². The van der Waals surface area contributed by atoms with Crippen LogP contribution in [0.5, 0.6) is 0 Å². The smallest absolute Gasteiger partial charge is 0.164 e. The second kappa shape index (κ2) is 15.1. The fraction of sp³-hybridized carbons (Fsp3) is 0.105. The fourth-order valence-corrected chi connectivity index (χ4v) is 9.96. The Balaban J connectivity index is 1.00. The molecule has 0 bridgehead atoms. The van der Waals surface area contributed by atoms with Crippen LogP contribution in [0.4, 0.5) is 0 Å². The van der Waals surface area contributed by atoms with Crippen molar-refractivity contribution in [3.8, 4) is 34.2 Å². The molecule has 12 rings (SSSR count). The molecule has 5 nitrogen and oxygen atoms in total. The van der Waals surface area contributed by atoms with E-state index < -0.39 is 0 Å². The lowest BCUT2D eigenvalue weighted by atomic mass is 9.79. The maximum Gasteiger partial charge on any atom is 0.164 e. The van der Waals surface area contributed by atoms with Gasteiger partial charge in [0.2, 0.25) is 0 Å². The van der Waals surface area contributed by atoms with E-state index in [1.165, 1.54) is 50.1 Å². The van der Waals surface area contributed by atoms with E-state index >= 15 is 0 Å². The number of allylic oxidation sites excluding steroid dienone is 6. The highest BCUT2D eigenvalue weighted by Gasteiger charge is 2.24. The average Bonchev–Trinajstić information content (AvgIpc) is 3.87. The molecule has 0 spiro atoms. The monoisotopic (exact) mass is 797 g/mol. The molecule has 0 saturated carbocycles. The standard InChI is InChI=1S/C57H43N5/c1-4-14-38(15-5-1)39-24-26-40(27-25-39)41-28-30-42(31-29-41)55-58-56(43-32-34-49-47-20-10-12-22-51(47)61(53(49)36-43)45-16-6-2-7-17-45)60-57(59-55)44-33-35-50-48-21-11-13-23-52(48)62(54(50)37-44)46-18-8-3-9-19-46/h1-24,26,28,30,32-37,39-40H,25,27,29,31H2. The number of fused-ring (bicyclic) bond motifs is 6. The molecular formula is C57H43N5. The molecule has 10 aromatic rings. The maximum absolute atomic E-state index is 5.32. The predicted molar refractivity (Wildman–Crippen MR) is 256 cm³/mol. The minimum atomic E-state index is 0.462. The molecule has 0 N–H and O–H groups in total. The molecule has 5 heteroatoms. The van der Waals surface area contributed by atoms with E-state index in [0.29, 0.717) is 23.5 Å². The van der Waals surface area contributed by atoms with Crippen LogP contribution in [0.2, 0.25) is 0 Å². The molecule has 2 aliphatic rings. The molecule has 0 amide bonds. The highest BCUT2D eigenvalue weighted by molar-refractivity contribution is 6.11. The van der Waals surface area contributed by atoms with Gasteiger partial charge in [0.25, 0.3) is 0 Å². The first-order valence-corrected chi connectivity index (χ1v) is 21.8. The molecule has 2 aliphatic carbocycles. The van der Waals surface area contributed by atoms with Gasteiger partial charge in [0, 0.05) is 50.0 Å². The zero-order valence-electron chi connectivity index (χ0n) is 34.3. The van der Waals surface area contributed by atoms with Crippen molar-refractivity contribution in [1.29, 1.82) is 0 Å². The molecule has 62 heavy (non-hydrogen) atoms. The number of hydrogen-bond donors (Lipinski definition) is 0. The summed E-state index contributed by atoms with van der Waals surface area (Å²) < 4.78 is 4.70. The van der Waals surface area contributed by atoms with Gasteiger partial charge in [-0.1, -0.05) is 157 Å². The van der Waals surface area contributed by atoms with Crippen LogP contribution in [0, 0.1) is 5.92 Å². The molecule has 2 unspecified atom stereocenters. The Bertz CT molecular complexity index is 3230. The van der Waals surface area contributed by atoms with E-state index in [0.717, 1.165) is 64.2 Å². The molecule has 0 fully saturated rings. The Morgan fingerprint density at radius 3 is 1.37 bits per heavy atom. The molecule has 3 heterocycles. The van der Waals surface area contributed by atoms with Crippen LogP contribution in [-0.4, -0.2) is 24.1 Å². The van der Waals surface area contributed by atoms with E-state index in [-0.39, 0.29) is 0 Å². The number of benzene rings is 7. The minimum Gasteiger partial charge on any atom is -0.309 e. The number of rotatable bonds is 7. The quantitative estimate of drug-likeness (QED) is 0.151. The first-order valence-electron chi connectivity index (χ1n) is 21.8. The van der Waals surface area contributed by atoms with Crippen molar-refractivity contribution in [2.24, 2.45) is 5.92 Å². The van der Waals surface area contributed by atoms with Gasteiger partial charge in [-0.15, -0.1) is 0 Å². The lowest BCUT2D eigenvalue weighted by molar-refractivity contribution is 0.549. The second-order valence-electron chi connectivity index (χ2n) is 16.7. The molecule has 0 radical (unpaired) electrons. The number of aromatic nitrogens is 5. The van der Waals surface area contributed by atoms with Gasteiger partial charge >= 0.3 is 0 Å². The SMILES string of the molecule is C1=CC(c2ccccc2)CCC1C1=CC=C(c2nc(-c3ccc4c5ccccc5n(-c5ccccc5)c4c3)nc(-c3ccc4c5ccccc5n(-c5ccccc5)c4c3)n2)CC1. The fourth-order valence-electron chi connectivity index (χ4n) is 9.96. The molecule has 3 aromatic heterocycles. The third-order valence-electron chi connectivity index (χ3n) is 13.1. The van der Waals surface area contributed by atoms with Gasteiger partial charge in [0.15, 0.2) is 17.5 Å². The van der Waals surface area contributed by atoms with Crippen molar-refractivity contribution in [3.05, 3.63) is 217 Å². The van der Waals surface area contributed by atoms with E-state index in [1.807, 2.05) is 0 Å². The molecule has 7 aromatic carbocycles. The zero-order chi connectivity index (χ0) is 41.0. The summed E-state index contributed by atoms with van der Waals surface area (Å²) >= 11 is 0. The highest BCUT2D eigenvalue weighted by Crippen LogP contribution is 2.40. The number of nitrogens with zero attached hydrogens (tertiary/aromatic N) is 5. The highest BCUT2D eigenvalue weighted by atomic mass is 15.0. The Hall–Kier alpha value is -7.63. The first kappa shape index (κ1) is 36.2. The van der Waals surface area contributed by atoms with Crippen LogP contribution in [0.1, 0.15) is 43.0 Å². The summed E-state index contributed by atoms with van der Waals surface area (Å²) in [7, 11) is 0. The third kappa shape index (κ3) is 6.28. The average molecular weight is 798 g/mol. The van der Waals surface area contributed by atoms with Crippen molar-refractivity contribution in [2.45, 2.75) is 31.6 Å². The van der Waals surface area contributed by atoms with Gasteiger partial charge in [-0.25, -0.2) is 15.0 Å². The Morgan fingerprint density at radius 2 is 0.855 bits per heavy atom. The first-order chi connectivity index (χ1) is 30.7. The molecule has 296 valence electrons. The summed E-state index contributed by atoms with van der Waals surface area (Å²) in [5.41, 5.74) is 12.8. The van der Waals surface area contributed by atoms with Crippen molar-refractivity contribution in [2.75, 3.05) is 0 Å². The van der Waals surface area contributed by atoms with Crippen LogP contribution < -0.4 is 0 Å². The van der Waals surface area contributed by atoms with Crippen molar-refractivity contribution in [1.82, 2.24) is 24.1 Å². The van der Waals surface area contributed by atoms with Crippen LogP contribution in [0.3, 0.4) is 0 Å². The van der Waals surface area contributed by atoms with Gasteiger partial charge in [-0.3, -0.25) is 0 Å². The Morgan fingerprint density at radius 1 is 0.387 bits per heavy atom. The van der Waals surface area contributed by atoms with Gasteiger partial charge in [-0.05, 0) is 91.3 Å². The normalized spacial score (nSPS) is 16.6. The zero-order valence-corrected chi connectivity index (χ0v) is 34.3. The van der Waals surface area contributed by atoms with Crippen LogP contribution in [-0.2, 0) is 0 Å². The summed E-state index contributed by atoms with van der Waals surface area (Å²) in [6.45, 7) is 0. The van der Waals surface area contributed by atoms with E-state index in [9.17, 15) is 0 Å². The Kier molecular flexibility index (Phi) is 8.84. The van der Waals surface area contributed by atoms with E-state index in [2.05, 4.69) is 209 Å². The molecule has 0 aliphatic heterocycles. The summed E-state index contributed by atoms with van der Waals surface area (Å²) in [5.74, 6) is 3.02. The van der Waals surface area contributed by atoms with Crippen molar-refractivity contribution >= 4 is 49.2 Å². The van der Waals surface area contributed by atoms with E-state index in [4.69, 9.17) is 15.0 Å². The topological polar surface area (TPSA) is 48.5 Å². The predicted octanol–water partition coefficient (Wildman–Crippen LogP) is 14.3.